The summed E-state index contributed by atoms with van der Waals surface area (Å²) in [7, 11) is -4.18. The number of rotatable bonds is 6. The predicted octanol–water partition coefficient (Wildman–Crippen LogP) is 3.64. The number of fused-ring (bicyclic) bond motifs is 1. The molecular formula is C28H27F2N5O4S. The summed E-state index contributed by atoms with van der Waals surface area (Å²) in [6, 6.07) is 12.6. The minimum Gasteiger partial charge on any atom is -0.391 e. The number of carbonyl (C=O) groups excluding carboxylic acids is 1. The number of pyridine rings is 1. The van der Waals surface area contributed by atoms with Gasteiger partial charge in [0.1, 0.15) is 23.0 Å². The highest BCUT2D eigenvalue weighted by atomic mass is 32.2. The first kappa shape index (κ1) is 26.2. The third kappa shape index (κ3) is 4.88. The van der Waals surface area contributed by atoms with Gasteiger partial charge in [-0.05, 0) is 73.9 Å². The number of nitrogens with one attached hydrogen (secondary N) is 1. The second-order valence-corrected chi connectivity index (χ2v) is 11.8. The van der Waals surface area contributed by atoms with Gasteiger partial charge in [0, 0.05) is 37.1 Å². The Hall–Kier alpha value is -4.03. The number of nitrogens with zero attached hydrogens (tertiary/aromatic N) is 4. The SMILES string of the molecule is O=C(NS(=O)(=O)c1ccc(N2CC[C@H](O)C2)cc1)c1cnc2ccc(N3CCCC3c3cc(F)ccc3F)cn12. The van der Waals surface area contributed by atoms with Crippen LogP contribution in [0.15, 0.2) is 71.9 Å². The lowest BCUT2D eigenvalue weighted by molar-refractivity contribution is 0.0975. The smallest absolute Gasteiger partial charge is 0.283 e. The van der Waals surface area contributed by atoms with Gasteiger partial charge in [0.25, 0.3) is 15.9 Å². The Morgan fingerprint density at radius 2 is 1.77 bits per heavy atom. The Morgan fingerprint density at radius 3 is 2.52 bits per heavy atom. The van der Waals surface area contributed by atoms with Crippen LogP contribution in [0, 0.1) is 11.6 Å². The molecule has 2 fully saturated rings. The lowest BCUT2D eigenvalue weighted by Crippen LogP contribution is -2.31. The maximum atomic E-state index is 14.6. The van der Waals surface area contributed by atoms with Crippen LogP contribution in [0.2, 0.25) is 0 Å². The molecule has 40 heavy (non-hydrogen) atoms. The maximum absolute atomic E-state index is 14.6. The van der Waals surface area contributed by atoms with E-state index in [4.69, 9.17) is 0 Å². The minimum atomic E-state index is -4.18. The van der Waals surface area contributed by atoms with Gasteiger partial charge >= 0.3 is 0 Å². The van der Waals surface area contributed by atoms with E-state index in [-0.39, 0.29) is 22.2 Å². The van der Waals surface area contributed by atoms with E-state index in [1.807, 2.05) is 9.80 Å². The summed E-state index contributed by atoms with van der Waals surface area (Å²) in [5, 5.41) is 9.75. The highest BCUT2D eigenvalue weighted by Crippen LogP contribution is 2.37. The summed E-state index contributed by atoms with van der Waals surface area (Å²) in [4.78, 5) is 21.2. The molecule has 0 saturated carbocycles. The highest BCUT2D eigenvalue weighted by Gasteiger charge is 2.30. The monoisotopic (exact) mass is 567 g/mol. The molecule has 4 aromatic rings. The van der Waals surface area contributed by atoms with Crippen molar-refractivity contribution in [2.24, 2.45) is 0 Å². The number of sulfonamides is 1. The van der Waals surface area contributed by atoms with Crippen LogP contribution in [0.1, 0.15) is 41.4 Å². The molecule has 2 aliphatic heterocycles. The lowest BCUT2D eigenvalue weighted by Gasteiger charge is -2.27. The number of aliphatic hydroxyl groups excluding tert-OH is 1. The standard InChI is InChI=1S/C28H27F2N5O4S/c29-18-3-9-24(30)23(14-18)25-2-1-12-34(25)20-6-10-27-31-15-26(35(27)16-20)28(37)32-40(38,39)22-7-4-19(5-8-22)33-13-11-21(36)17-33/h3-10,14-16,21,25,36H,1-2,11-13,17H2,(H,32,37)/t21-,25?/m0/s1. The Balaban J connectivity index is 1.24. The van der Waals surface area contributed by atoms with Gasteiger partial charge in [-0.15, -0.1) is 0 Å². The Labute approximate surface area is 229 Å². The van der Waals surface area contributed by atoms with Gasteiger partial charge in [0.2, 0.25) is 0 Å². The van der Waals surface area contributed by atoms with Crippen molar-refractivity contribution in [2.75, 3.05) is 29.4 Å². The normalized spacial score (nSPS) is 19.5. The van der Waals surface area contributed by atoms with Crippen molar-refractivity contribution in [3.63, 3.8) is 0 Å². The Bertz CT molecular complexity index is 1690. The fourth-order valence-corrected chi connectivity index (χ4v) is 6.48. The summed E-state index contributed by atoms with van der Waals surface area (Å²) >= 11 is 0. The number of hydrogen-bond donors (Lipinski definition) is 2. The van der Waals surface area contributed by atoms with Crippen LogP contribution in [-0.2, 0) is 10.0 Å². The van der Waals surface area contributed by atoms with E-state index in [1.54, 1.807) is 30.5 Å². The number of anilines is 2. The van der Waals surface area contributed by atoms with Gasteiger partial charge in [0.15, 0.2) is 0 Å². The molecule has 2 aromatic heterocycles. The maximum Gasteiger partial charge on any atom is 0.283 e. The van der Waals surface area contributed by atoms with Crippen LogP contribution < -0.4 is 14.5 Å². The first-order chi connectivity index (χ1) is 19.2. The molecule has 12 heteroatoms. The molecule has 2 atom stereocenters. The van der Waals surface area contributed by atoms with Crippen molar-refractivity contribution in [2.45, 2.75) is 36.3 Å². The zero-order valence-corrected chi connectivity index (χ0v) is 22.2. The molecule has 1 unspecified atom stereocenters. The number of benzene rings is 2. The van der Waals surface area contributed by atoms with Crippen molar-refractivity contribution in [3.8, 4) is 0 Å². The van der Waals surface area contributed by atoms with Crippen molar-refractivity contribution >= 4 is 33.0 Å². The number of halogens is 2. The topological polar surface area (TPSA) is 107 Å². The van der Waals surface area contributed by atoms with Gasteiger partial charge < -0.3 is 14.9 Å². The van der Waals surface area contributed by atoms with E-state index in [9.17, 15) is 27.1 Å². The molecule has 6 rings (SSSR count). The van der Waals surface area contributed by atoms with Crippen molar-refractivity contribution < 1.29 is 27.1 Å². The summed E-state index contributed by atoms with van der Waals surface area (Å²) in [6.07, 6.45) is 4.58. The quantitative estimate of drug-likeness (QED) is 0.366. The molecule has 2 N–H and O–H groups in total. The van der Waals surface area contributed by atoms with Crippen LogP contribution in [0.25, 0.3) is 5.65 Å². The van der Waals surface area contributed by atoms with Gasteiger partial charge in [-0.3, -0.25) is 9.20 Å². The fraction of sp³-hybridized carbons (Fsp3) is 0.286. The van der Waals surface area contributed by atoms with Gasteiger partial charge in [-0.1, -0.05) is 0 Å². The molecule has 2 saturated heterocycles. The van der Waals surface area contributed by atoms with Crippen LogP contribution in [-0.4, -0.2) is 54.6 Å². The number of aromatic nitrogens is 2. The second kappa shape index (κ2) is 10.2. The number of hydrogen-bond acceptors (Lipinski definition) is 7. The Kier molecular flexibility index (Phi) is 6.67. The van der Waals surface area contributed by atoms with E-state index in [0.29, 0.717) is 43.8 Å². The Morgan fingerprint density at radius 1 is 1.00 bits per heavy atom. The molecule has 9 nitrogen and oxygen atoms in total. The largest absolute Gasteiger partial charge is 0.391 e. The summed E-state index contributed by atoms with van der Waals surface area (Å²) in [5.74, 6) is -1.86. The molecule has 1 amide bonds. The van der Waals surface area contributed by atoms with Crippen molar-refractivity contribution in [3.05, 3.63) is 89.9 Å². The molecule has 208 valence electrons. The van der Waals surface area contributed by atoms with Crippen LogP contribution in [0.5, 0.6) is 0 Å². The van der Waals surface area contributed by atoms with Crippen LogP contribution in [0.3, 0.4) is 0 Å². The molecular weight excluding hydrogens is 540 g/mol. The number of carbonyl (C=O) groups is 1. The van der Waals surface area contributed by atoms with Gasteiger partial charge in [0.05, 0.1) is 28.9 Å². The molecule has 0 spiro atoms. The number of β-amino-alcohol motifs (C(OH)–C–C–N with tert-alkyl or cyclic N) is 1. The molecule has 0 aliphatic carbocycles. The van der Waals surface area contributed by atoms with Crippen LogP contribution in [0.4, 0.5) is 20.2 Å². The number of imidazole rings is 1. The highest BCUT2D eigenvalue weighted by molar-refractivity contribution is 7.90. The van der Waals surface area contributed by atoms with Gasteiger partial charge in [-0.25, -0.2) is 26.9 Å². The number of amides is 1. The first-order valence-electron chi connectivity index (χ1n) is 13.0. The van der Waals surface area contributed by atoms with E-state index < -0.39 is 33.7 Å². The van der Waals surface area contributed by atoms with E-state index in [0.717, 1.165) is 24.2 Å². The molecule has 0 bridgehead atoms. The van der Waals surface area contributed by atoms with Crippen LogP contribution >= 0.6 is 0 Å². The molecule has 4 heterocycles. The second-order valence-electron chi connectivity index (χ2n) is 10.1. The third-order valence-corrected chi connectivity index (χ3v) is 8.87. The summed E-state index contributed by atoms with van der Waals surface area (Å²) in [5.41, 5.74) is 2.15. The first-order valence-corrected chi connectivity index (χ1v) is 14.5. The molecule has 2 aromatic carbocycles. The average Bonchev–Trinajstić information content (AvgIpc) is 3.69. The zero-order chi connectivity index (χ0) is 28.0. The van der Waals surface area contributed by atoms with E-state index in [2.05, 4.69) is 9.71 Å². The van der Waals surface area contributed by atoms with Gasteiger partial charge in [-0.2, -0.15) is 0 Å². The molecule has 0 radical (unpaired) electrons. The fourth-order valence-electron chi connectivity index (χ4n) is 5.52. The summed E-state index contributed by atoms with van der Waals surface area (Å²) in [6.45, 7) is 1.76. The number of aliphatic hydroxyl groups is 1. The average molecular weight is 568 g/mol. The summed E-state index contributed by atoms with van der Waals surface area (Å²) < 4.78 is 58.1. The molecule has 2 aliphatic rings. The van der Waals surface area contributed by atoms with Crippen molar-refractivity contribution in [1.82, 2.24) is 14.1 Å². The predicted molar refractivity (Wildman–Crippen MR) is 145 cm³/mol. The zero-order valence-electron chi connectivity index (χ0n) is 21.4. The minimum absolute atomic E-state index is 0.00998. The lowest BCUT2D eigenvalue weighted by atomic mass is 10.0. The van der Waals surface area contributed by atoms with E-state index in [1.165, 1.54) is 28.8 Å². The third-order valence-electron chi connectivity index (χ3n) is 7.53. The van der Waals surface area contributed by atoms with Crippen molar-refractivity contribution in [1.29, 1.82) is 0 Å². The van der Waals surface area contributed by atoms with E-state index >= 15 is 0 Å².